The van der Waals surface area contributed by atoms with E-state index in [9.17, 15) is 0 Å². The average Bonchev–Trinajstić information content (AvgIpc) is 2.78. The van der Waals surface area contributed by atoms with Crippen molar-refractivity contribution in [2.75, 3.05) is 20.6 Å². The quantitative estimate of drug-likeness (QED) is 0.696. The number of rotatable bonds is 4. The van der Waals surface area contributed by atoms with Gasteiger partial charge in [0.2, 0.25) is 0 Å². The predicted octanol–water partition coefficient (Wildman–Crippen LogP) is 4.08. The topological polar surface area (TPSA) is 16.4 Å². The van der Waals surface area contributed by atoms with Crippen LogP contribution < -0.4 is 0 Å². The van der Waals surface area contributed by atoms with Crippen molar-refractivity contribution in [3.05, 3.63) is 48.0 Å². The van der Waals surface area contributed by atoms with E-state index in [1.54, 1.807) is 0 Å². The van der Waals surface area contributed by atoms with Crippen molar-refractivity contribution in [2.24, 2.45) is 0 Å². The lowest BCUT2D eigenvalue weighted by atomic mass is 10.1. The van der Waals surface area contributed by atoms with Gasteiger partial charge in [0.15, 0.2) is 0 Å². The Kier molecular flexibility index (Phi) is 3.26. The zero-order chi connectivity index (χ0) is 13.2. The Hall–Kier alpha value is -1.80. The van der Waals surface area contributed by atoms with Crippen molar-refractivity contribution in [1.29, 1.82) is 0 Å². The van der Waals surface area contributed by atoms with Crippen LogP contribution in [0.25, 0.3) is 21.9 Å². The Morgan fingerprint density at radius 3 is 2.58 bits per heavy atom. The first-order valence-corrected chi connectivity index (χ1v) is 6.79. The molecule has 2 heteroatoms. The number of fused-ring (bicyclic) bond motifs is 3. The molecule has 0 unspecified atom stereocenters. The van der Waals surface area contributed by atoms with Crippen LogP contribution in [0.15, 0.2) is 46.9 Å². The van der Waals surface area contributed by atoms with Crippen molar-refractivity contribution in [3.8, 4) is 0 Å². The van der Waals surface area contributed by atoms with E-state index in [1.165, 1.54) is 16.3 Å². The minimum absolute atomic E-state index is 0.984. The van der Waals surface area contributed by atoms with Gasteiger partial charge in [0.05, 0.1) is 0 Å². The van der Waals surface area contributed by atoms with Gasteiger partial charge in [-0.05, 0) is 45.1 Å². The summed E-state index contributed by atoms with van der Waals surface area (Å²) in [5, 5.41) is 2.45. The lowest BCUT2D eigenvalue weighted by Gasteiger charge is -2.08. The third-order valence-electron chi connectivity index (χ3n) is 3.54. The fourth-order valence-electron chi connectivity index (χ4n) is 2.59. The highest BCUT2D eigenvalue weighted by atomic mass is 16.3. The molecule has 0 aliphatic carbocycles. The lowest BCUT2D eigenvalue weighted by molar-refractivity contribution is 0.400. The number of hydrogen-bond acceptors (Lipinski definition) is 2. The first kappa shape index (κ1) is 12.2. The smallest absolute Gasteiger partial charge is 0.138 e. The molecule has 1 heterocycles. The van der Waals surface area contributed by atoms with Gasteiger partial charge in [0, 0.05) is 10.8 Å². The Morgan fingerprint density at radius 1 is 0.947 bits per heavy atom. The molecule has 0 spiro atoms. The highest BCUT2D eigenvalue weighted by molar-refractivity contribution is 6.05. The van der Waals surface area contributed by atoms with Gasteiger partial charge in [-0.2, -0.15) is 0 Å². The minimum Gasteiger partial charge on any atom is -0.456 e. The van der Waals surface area contributed by atoms with Crippen LogP contribution in [0.4, 0.5) is 0 Å². The molecule has 3 rings (SSSR count). The number of para-hydroxylation sites is 2. The molecule has 0 atom stereocenters. The van der Waals surface area contributed by atoms with Gasteiger partial charge < -0.3 is 9.32 Å². The maximum absolute atomic E-state index is 6.03. The second-order valence-electron chi connectivity index (χ2n) is 5.30. The standard InChI is InChI=1S/C17H19NO/c1-18(2)12-6-8-13-7-5-10-15-14-9-3-4-11-16(14)19-17(13)15/h3-5,7,9-11H,6,8,12H2,1-2H3. The summed E-state index contributed by atoms with van der Waals surface area (Å²) in [5.74, 6) is 0. The fraction of sp³-hybridized carbons (Fsp3) is 0.294. The molecular weight excluding hydrogens is 234 g/mol. The normalized spacial score (nSPS) is 11.7. The number of aryl methyl sites for hydroxylation is 1. The predicted molar refractivity (Wildman–Crippen MR) is 80.6 cm³/mol. The Morgan fingerprint density at radius 2 is 1.74 bits per heavy atom. The summed E-state index contributed by atoms with van der Waals surface area (Å²) in [6.07, 6.45) is 2.22. The van der Waals surface area contributed by atoms with Crippen LogP contribution in [0.2, 0.25) is 0 Å². The molecule has 3 aromatic rings. The Labute approximate surface area is 113 Å². The van der Waals surface area contributed by atoms with E-state index < -0.39 is 0 Å². The maximum atomic E-state index is 6.03. The first-order chi connectivity index (χ1) is 9.25. The molecular formula is C17H19NO. The summed E-state index contributed by atoms with van der Waals surface area (Å²) in [6.45, 7) is 1.11. The third kappa shape index (κ3) is 2.36. The molecule has 0 aliphatic heterocycles. The van der Waals surface area contributed by atoms with E-state index in [0.29, 0.717) is 0 Å². The molecule has 0 aliphatic rings. The molecule has 1 aromatic heterocycles. The average molecular weight is 253 g/mol. The maximum Gasteiger partial charge on any atom is 0.138 e. The van der Waals surface area contributed by atoms with Gasteiger partial charge in [-0.25, -0.2) is 0 Å². The van der Waals surface area contributed by atoms with Gasteiger partial charge in [0.25, 0.3) is 0 Å². The lowest BCUT2D eigenvalue weighted by Crippen LogP contribution is -2.13. The molecule has 2 nitrogen and oxygen atoms in total. The van der Waals surface area contributed by atoms with Crippen LogP contribution in [-0.4, -0.2) is 25.5 Å². The molecule has 2 aromatic carbocycles. The van der Waals surface area contributed by atoms with Crippen molar-refractivity contribution < 1.29 is 4.42 Å². The van der Waals surface area contributed by atoms with Gasteiger partial charge in [-0.15, -0.1) is 0 Å². The van der Waals surface area contributed by atoms with Crippen LogP contribution in [-0.2, 0) is 6.42 Å². The van der Waals surface area contributed by atoms with Gasteiger partial charge in [-0.1, -0.05) is 36.4 Å². The number of furan rings is 1. The summed E-state index contributed by atoms with van der Waals surface area (Å²) < 4.78 is 6.03. The zero-order valence-corrected chi connectivity index (χ0v) is 11.5. The molecule has 0 N–H and O–H groups in total. The molecule has 0 bridgehead atoms. The third-order valence-corrected chi connectivity index (χ3v) is 3.54. The van der Waals surface area contributed by atoms with E-state index in [4.69, 9.17) is 4.42 Å². The van der Waals surface area contributed by atoms with Crippen molar-refractivity contribution >= 4 is 21.9 Å². The van der Waals surface area contributed by atoms with Crippen LogP contribution >= 0.6 is 0 Å². The highest BCUT2D eigenvalue weighted by Gasteiger charge is 2.09. The minimum atomic E-state index is 0.984. The SMILES string of the molecule is CN(C)CCCc1cccc2c1oc1ccccc12. The molecule has 98 valence electrons. The summed E-state index contributed by atoms with van der Waals surface area (Å²) in [4.78, 5) is 2.22. The summed E-state index contributed by atoms with van der Waals surface area (Å²) >= 11 is 0. The van der Waals surface area contributed by atoms with Crippen molar-refractivity contribution in [1.82, 2.24) is 4.90 Å². The second-order valence-corrected chi connectivity index (χ2v) is 5.30. The Bertz CT molecular complexity index is 697. The van der Waals surface area contributed by atoms with E-state index in [-0.39, 0.29) is 0 Å². The summed E-state index contributed by atoms with van der Waals surface area (Å²) in [5.41, 5.74) is 3.36. The fourth-order valence-corrected chi connectivity index (χ4v) is 2.59. The summed E-state index contributed by atoms with van der Waals surface area (Å²) in [6, 6.07) is 14.7. The highest BCUT2D eigenvalue weighted by Crippen LogP contribution is 2.31. The van der Waals surface area contributed by atoms with E-state index in [2.05, 4.69) is 49.3 Å². The van der Waals surface area contributed by atoms with Gasteiger partial charge >= 0.3 is 0 Å². The molecule has 19 heavy (non-hydrogen) atoms. The van der Waals surface area contributed by atoms with Crippen LogP contribution in [0, 0.1) is 0 Å². The van der Waals surface area contributed by atoms with E-state index in [0.717, 1.165) is 30.6 Å². The molecule has 0 fully saturated rings. The van der Waals surface area contributed by atoms with E-state index in [1.807, 2.05) is 12.1 Å². The number of nitrogens with zero attached hydrogens (tertiary/aromatic N) is 1. The van der Waals surface area contributed by atoms with Crippen molar-refractivity contribution in [3.63, 3.8) is 0 Å². The molecule has 0 saturated carbocycles. The zero-order valence-electron chi connectivity index (χ0n) is 11.5. The molecule has 0 amide bonds. The largest absolute Gasteiger partial charge is 0.456 e. The van der Waals surface area contributed by atoms with Gasteiger partial charge in [-0.3, -0.25) is 0 Å². The number of hydrogen-bond donors (Lipinski definition) is 0. The molecule has 0 saturated heterocycles. The summed E-state index contributed by atoms with van der Waals surface area (Å²) in [7, 11) is 4.23. The van der Waals surface area contributed by atoms with Crippen LogP contribution in [0.1, 0.15) is 12.0 Å². The van der Waals surface area contributed by atoms with Crippen molar-refractivity contribution in [2.45, 2.75) is 12.8 Å². The second kappa shape index (κ2) is 5.06. The molecule has 0 radical (unpaired) electrons. The first-order valence-electron chi connectivity index (χ1n) is 6.79. The monoisotopic (exact) mass is 253 g/mol. The van der Waals surface area contributed by atoms with E-state index >= 15 is 0 Å². The van der Waals surface area contributed by atoms with Crippen LogP contribution in [0.3, 0.4) is 0 Å². The number of benzene rings is 2. The Balaban J connectivity index is 2.00. The van der Waals surface area contributed by atoms with Crippen LogP contribution in [0.5, 0.6) is 0 Å². The van der Waals surface area contributed by atoms with Gasteiger partial charge in [0.1, 0.15) is 11.2 Å².